The van der Waals surface area contributed by atoms with Crippen LogP contribution < -0.4 is 5.32 Å². The zero-order chi connectivity index (χ0) is 17.3. The molecule has 122 valence electrons. The van der Waals surface area contributed by atoms with Crippen LogP contribution in [0.15, 0.2) is 41.8 Å². The molecule has 1 aromatic heterocycles. The molecule has 24 heavy (non-hydrogen) atoms. The van der Waals surface area contributed by atoms with Crippen molar-refractivity contribution in [2.75, 3.05) is 5.32 Å². The van der Waals surface area contributed by atoms with Gasteiger partial charge in [0.25, 0.3) is 5.91 Å². The van der Waals surface area contributed by atoms with Crippen LogP contribution in [0.2, 0.25) is 10.0 Å². The van der Waals surface area contributed by atoms with E-state index in [2.05, 4.69) is 23.3 Å². The van der Waals surface area contributed by atoms with Gasteiger partial charge in [-0.2, -0.15) is 0 Å². The fourth-order valence-corrected chi connectivity index (χ4v) is 3.70. The summed E-state index contributed by atoms with van der Waals surface area (Å²) < 4.78 is 0. The Morgan fingerprint density at radius 3 is 2.50 bits per heavy atom. The summed E-state index contributed by atoms with van der Waals surface area (Å²) in [5.41, 5.74) is 4.48. The second-order valence-electron chi connectivity index (χ2n) is 5.41. The highest BCUT2D eigenvalue weighted by Gasteiger charge is 2.16. The van der Waals surface area contributed by atoms with Crippen LogP contribution in [0, 0.1) is 13.8 Å². The molecule has 0 aliphatic rings. The van der Waals surface area contributed by atoms with E-state index in [0.717, 1.165) is 16.8 Å². The van der Waals surface area contributed by atoms with E-state index in [0.29, 0.717) is 15.2 Å². The summed E-state index contributed by atoms with van der Waals surface area (Å²) in [6.45, 7) is 4.10. The van der Waals surface area contributed by atoms with E-state index in [1.165, 1.54) is 16.9 Å². The molecule has 2 aromatic carbocycles. The van der Waals surface area contributed by atoms with Gasteiger partial charge in [-0.25, -0.2) is 4.98 Å². The SMILES string of the molecule is Cc1ccc(-c2csc(NC(=O)c3c(Cl)cccc3Cl)n2)c(C)c1. The van der Waals surface area contributed by atoms with Gasteiger partial charge >= 0.3 is 0 Å². The molecular weight excluding hydrogens is 363 g/mol. The number of carbonyl (C=O) groups excluding carboxylic acids is 1. The molecule has 3 nitrogen and oxygen atoms in total. The van der Waals surface area contributed by atoms with Crippen LogP contribution in [0.25, 0.3) is 11.3 Å². The van der Waals surface area contributed by atoms with Gasteiger partial charge in [0, 0.05) is 10.9 Å². The van der Waals surface area contributed by atoms with Crippen molar-refractivity contribution in [3.05, 3.63) is 68.5 Å². The molecule has 0 atom stereocenters. The lowest BCUT2D eigenvalue weighted by Gasteiger charge is -2.06. The van der Waals surface area contributed by atoms with Crippen molar-refractivity contribution >= 4 is 45.6 Å². The first kappa shape index (κ1) is 17.0. The average Bonchev–Trinajstić information content (AvgIpc) is 2.95. The van der Waals surface area contributed by atoms with Gasteiger partial charge in [0.2, 0.25) is 0 Å². The molecule has 0 unspecified atom stereocenters. The quantitative estimate of drug-likeness (QED) is 0.610. The summed E-state index contributed by atoms with van der Waals surface area (Å²) in [5, 5.41) is 5.81. The number of carbonyl (C=O) groups is 1. The average molecular weight is 377 g/mol. The van der Waals surface area contributed by atoms with E-state index in [-0.39, 0.29) is 11.5 Å². The zero-order valence-corrected chi connectivity index (χ0v) is 15.4. The summed E-state index contributed by atoms with van der Waals surface area (Å²) in [6, 6.07) is 11.1. The summed E-state index contributed by atoms with van der Waals surface area (Å²) in [7, 11) is 0. The predicted molar refractivity (Wildman–Crippen MR) is 101 cm³/mol. The van der Waals surface area contributed by atoms with Crippen LogP contribution in [0.1, 0.15) is 21.5 Å². The molecule has 0 radical (unpaired) electrons. The predicted octanol–water partition coefficient (Wildman–Crippen LogP) is 5.99. The molecule has 0 spiro atoms. The third-order valence-electron chi connectivity index (χ3n) is 3.57. The van der Waals surface area contributed by atoms with Crippen LogP contribution >= 0.6 is 34.5 Å². The Kier molecular flexibility index (Phi) is 4.90. The first-order valence-electron chi connectivity index (χ1n) is 7.24. The van der Waals surface area contributed by atoms with Crippen molar-refractivity contribution in [2.24, 2.45) is 0 Å². The summed E-state index contributed by atoms with van der Waals surface area (Å²) in [4.78, 5) is 16.9. The number of aromatic nitrogens is 1. The molecule has 0 bridgehead atoms. The first-order valence-corrected chi connectivity index (χ1v) is 8.88. The fourth-order valence-electron chi connectivity index (χ4n) is 2.43. The van der Waals surface area contributed by atoms with Gasteiger partial charge in [0.15, 0.2) is 5.13 Å². The lowest BCUT2D eigenvalue weighted by Crippen LogP contribution is -2.12. The molecular formula is C18H14Cl2N2OS. The Balaban J connectivity index is 1.85. The Hall–Kier alpha value is -1.88. The monoisotopic (exact) mass is 376 g/mol. The van der Waals surface area contributed by atoms with Gasteiger partial charge in [-0.3, -0.25) is 10.1 Å². The Morgan fingerprint density at radius 2 is 1.83 bits per heavy atom. The highest BCUT2D eigenvalue weighted by atomic mass is 35.5. The van der Waals surface area contributed by atoms with Crippen molar-refractivity contribution in [1.29, 1.82) is 0 Å². The van der Waals surface area contributed by atoms with E-state index in [4.69, 9.17) is 23.2 Å². The van der Waals surface area contributed by atoms with E-state index in [9.17, 15) is 4.79 Å². The summed E-state index contributed by atoms with van der Waals surface area (Å²) in [5.74, 6) is -0.368. The Bertz CT molecular complexity index is 901. The van der Waals surface area contributed by atoms with Gasteiger partial charge in [0.1, 0.15) is 0 Å². The van der Waals surface area contributed by atoms with Gasteiger partial charge in [-0.05, 0) is 31.5 Å². The largest absolute Gasteiger partial charge is 0.298 e. The number of halogens is 2. The lowest BCUT2D eigenvalue weighted by molar-refractivity contribution is 0.102. The summed E-state index contributed by atoms with van der Waals surface area (Å²) in [6.07, 6.45) is 0. The lowest BCUT2D eigenvalue weighted by atomic mass is 10.0. The van der Waals surface area contributed by atoms with Crippen molar-refractivity contribution < 1.29 is 4.79 Å². The van der Waals surface area contributed by atoms with Crippen molar-refractivity contribution in [3.63, 3.8) is 0 Å². The van der Waals surface area contributed by atoms with E-state index < -0.39 is 0 Å². The molecule has 0 saturated carbocycles. The van der Waals surface area contributed by atoms with Crippen LogP contribution in [-0.4, -0.2) is 10.9 Å². The number of hydrogen-bond donors (Lipinski definition) is 1. The summed E-state index contributed by atoms with van der Waals surface area (Å²) >= 11 is 13.5. The maximum absolute atomic E-state index is 12.4. The number of anilines is 1. The van der Waals surface area contributed by atoms with E-state index in [1.54, 1.807) is 18.2 Å². The van der Waals surface area contributed by atoms with Crippen LogP contribution in [0.3, 0.4) is 0 Å². The van der Waals surface area contributed by atoms with Crippen molar-refractivity contribution in [2.45, 2.75) is 13.8 Å². The molecule has 1 N–H and O–H groups in total. The highest BCUT2D eigenvalue weighted by Crippen LogP contribution is 2.30. The smallest absolute Gasteiger partial charge is 0.260 e. The number of rotatable bonds is 3. The van der Waals surface area contributed by atoms with Gasteiger partial charge in [0.05, 0.1) is 21.3 Å². The number of aryl methyl sites for hydroxylation is 2. The molecule has 6 heteroatoms. The van der Waals surface area contributed by atoms with Gasteiger partial charge in [-0.1, -0.05) is 53.0 Å². The molecule has 0 aliphatic heterocycles. The van der Waals surface area contributed by atoms with Gasteiger partial charge in [-0.15, -0.1) is 11.3 Å². The Morgan fingerprint density at radius 1 is 1.12 bits per heavy atom. The minimum Gasteiger partial charge on any atom is -0.298 e. The van der Waals surface area contributed by atoms with E-state index >= 15 is 0 Å². The number of nitrogens with zero attached hydrogens (tertiary/aromatic N) is 1. The second-order valence-corrected chi connectivity index (χ2v) is 7.08. The fraction of sp³-hybridized carbons (Fsp3) is 0.111. The minimum absolute atomic E-state index is 0.254. The molecule has 1 amide bonds. The third-order valence-corrected chi connectivity index (χ3v) is 4.96. The third kappa shape index (κ3) is 3.46. The molecule has 0 fully saturated rings. The molecule has 0 aliphatic carbocycles. The number of benzene rings is 2. The number of thiazole rings is 1. The maximum Gasteiger partial charge on any atom is 0.260 e. The molecule has 0 saturated heterocycles. The first-order chi connectivity index (χ1) is 11.5. The second kappa shape index (κ2) is 6.93. The van der Waals surface area contributed by atoms with Crippen LogP contribution in [0.5, 0.6) is 0 Å². The molecule has 3 rings (SSSR count). The standard InChI is InChI=1S/C18H14Cl2N2OS/c1-10-6-7-12(11(2)8-10)15-9-24-18(21-15)22-17(23)16-13(19)4-3-5-14(16)20/h3-9H,1-2H3,(H,21,22,23). The van der Waals surface area contributed by atoms with E-state index in [1.807, 2.05) is 24.4 Å². The molecule has 3 aromatic rings. The topological polar surface area (TPSA) is 42.0 Å². The van der Waals surface area contributed by atoms with Crippen molar-refractivity contribution in [3.8, 4) is 11.3 Å². The minimum atomic E-state index is -0.368. The number of nitrogens with one attached hydrogen (secondary N) is 1. The number of hydrogen-bond acceptors (Lipinski definition) is 3. The van der Waals surface area contributed by atoms with Crippen molar-refractivity contribution in [1.82, 2.24) is 4.98 Å². The maximum atomic E-state index is 12.4. The highest BCUT2D eigenvalue weighted by molar-refractivity contribution is 7.14. The van der Waals surface area contributed by atoms with Crippen LogP contribution in [-0.2, 0) is 0 Å². The molecule has 1 heterocycles. The zero-order valence-electron chi connectivity index (χ0n) is 13.1. The Labute approximate surface area is 154 Å². The van der Waals surface area contributed by atoms with Gasteiger partial charge < -0.3 is 0 Å². The number of amides is 1. The normalized spacial score (nSPS) is 10.7. The van der Waals surface area contributed by atoms with Crippen LogP contribution in [0.4, 0.5) is 5.13 Å².